The van der Waals surface area contributed by atoms with Gasteiger partial charge in [-0.3, -0.25) is 0 Å². The van der Waals surface area contributed by atoms with Crippen LogP contribution in [0.15, 0.2) is 59.3 Å². The van der Waals surface area contributed by atoms with Gasteiger partial charge in [0, 0.05) is 15.8 Å². The van der Waals surface area contributed by atoms with Crippen molar-refractivity contribution in [3.63, 3.8) is 0 Å². The van der Waals surface area contributed by atoms with Gasteiger partial charge in [-0.05, 0) is 42.9 Å². The maximum absolute atomic E-state index is 11.7. The van der Waals surface area contributed by atoms with E-state index < -0.39 is 10.0 Å². The van der Waals surface area contributed by atoms with Gasteiger partial charge in [0.25, 0.3) is 0 Å². The van der Waals surface area contributed by atoms with E-state index in [1.807, 2.05) is 24.3 Å². The average Bonchev–Trinajstić information content (AvgIpc) is 2.62. The maximum Gasteiger partial charge on any atom is 0.232 e. The fourth-order valence-corrected chi connectivity index (χ4v) is 3.43. The van der Waals surface area contributed by atoms with Gasteiger partial charge in [0.15, 0.2) is 0 Å². The highest BCUT2D eigenvalue weighted by Gasteiger charge is 2.09. The third-order valence-electron chi connectivity index (χ3n) is 3.50. The zero-order chi connectivity index (χ0) is 19.3. The molecular formula is C17H17BrN6O2S. The van der Waals surface area contributed by atoms with Crippen molar-refractivity contribution in [2.45, 2.75) is 5.75 Å². The average molecular weight is 449 g/mol. The Morgan fingerprint density at radius 1 is 0.963 bits per heavy atom. The second-order valence-electron chi connectivity index (χ2n) is 5.56. The monoisotopic (exact) mass is 448 g/mol. The van der Waals surface area contributed by atoms with Crippen molar-refractivity contribution in [3.05, 3.63) is 64.9 Å². The summed E-state index contributed by atoms with van der Waals surface area (Å²) < 4.78 is 26.6. The molecule has 1 aromatic heterocycles. The van der Waals surface area contributed by atoms with E-state index in [4.69, 9.17) is 0 Å². The molecule has 10 heteroatoms. The van der Waals surface area contributed by atoms with E-state index in [-0.39, 0.29) is 5.75 Å². The van der Waals surface area contributed by atoms with Crippen molar-refractivity contribution in [2.75, 3.05) is 17.7 Å². The number of nitrogens with zero attached hydrogens (tertiary/aromatic N) is 3. The summed E-state index contributed by atoms with van der Waals surface area (Å²) in [6, 6.07) is 14.7. The highest BCUT2D eigenvalue weighted by molar-refractivity contribution is 9.10. The van der Waals surface area contributed by atoms with Crippen LogP contribution in [0.3, 0.4) is 0 Å². The Labute approximate surface area is 165 Å². The molecule has 0 aliphatic heterocycles. The summed E-state index contributed by atoms with van der Waals surface area (Å²) in [5, 5.41) is 6.16. The molecule has 8 nitrogen and oxygen atoms in total. The van der Waals surface area contributed by atoms with Crippen LogP contribution < -0.4 is 15.4 Å². The minimum absolute atomic E-state index is 0.105. The number of hydrogen-bond acceptors (Lipinski definition) is 7. The number of benzene rings is 2. The first-order valence-electron chi connectivity index (χ1n) is 7.92. The summed E-state index contributed by atoms with van der Waals surface area (Å²) in [6.45, 7) is 0. The largest absolute Gasteiger partial charge is 0.324 e. The van der Waals surface area contributed by atoms with E-state index in [2.05, 4.69) is 46.2 Å². The Morgan fingerprint density at radius 3 is 2.22 bits per heavy atom. The Balaban J connectivity index is 1.74. The molecule has 0 radical (unpaired) electrons. The molecule has 0 aliphatic carbocycles. The third-order valence-corrected chi connectivity index (χ3v) is 5.33. The zero-order valence-corrected chi connectivity index (χ0v) is 16.8. The first-order chi connectivity index (χ1) is 12.9. The van der Waals surface area contributed by atoms with Gasteiger partial charge in [-0.1, -0.05) is 34.1 Å². The summed E-state index contributed by atoms with van der Waals surface area (Å²) in [7, 11) is -1.95. The number of aromatic nitrogens is 3. The number of nitrogens with one attached hydrogen (secondary N) is 3. The highest BCUT2D eigenvalue weighted by Crippen LogP contribution is 2.20. The van der Waals surface area contributed by atoms with Crippen LogP contribution in [0.2, 0.25) is 0 Å². The van der Waals surface area contributed by atoms with E-state index in [0.29, 0.717) is 23.1 Å². The molecule has 0 saturated heterocycles. The van der Waals surface area contributed by atoms with Crippen molar-refractivity contribution in [1.82, 2.24) is 19.7 Å². The van der Waals surface area contributed by atoms with Crippen LogP contribution in [0.5, 0.6) is 0 Å². The summed E-state index contributed by atoms with van der Waals surface area (Å²) in [4.78, 5) is 12.5. The lowest BCUT2D eigenvalue weighted by atomic mass is 10.2. The molecule has 3 aromatic rings. The van der Waals surface area contributed by atoms with Crippen LogP contribution in [0.4, 0.5) is 23.3 Å². The second kappa shape index (κ2) is 8.42. The van der Waals surface area contributed by atoms with Crippen LogP contribution in [-0.4, -0.2) is 30.4 Å². The van der Waals surface area contributed by atoms with Crippen LogP contribution in [-0.2, 0) is 15.8 Å². The highest BCUT2D eigenvalue weighted by atomic mass is 79.9. The fourth-order valence-electron chi connectivity index (χ4n) is 2.27. The van der Waals surface area contributed by atoms with E-state index in [9.17, 15) is 8.42 Å². The molecule has 0 unspecified atom stereocenters. The maximum atomic E-state index is 11.7. The normalized spacial score (nSPS) is 11.2. The number of sulfonamides is 1. The molecule has 1 heterocycles. The second-order valence-corrected chi connectivity index (χ2v) is 8.40. The molecule has 0 bridgehead atoms. The van der Waals surface area contributed by atoms with Crippen molar-refractivity contribution < 1.29 is 8.42 Å². The summed E-state index contributed by atoms with van der Waals surface area (Å²) >= 11 is 3.41. The van der Waals surface area contributed by atoms with Gasteiger partial charge in [0.1, 0.15) is 6.33 Å². The molecule has 3 rings (SSSR count). The molecule has 3 N–H and O–H groups in total. The predicted octanol–water partition coefficient (Wildman–Crippen LogP) is 3.17. The Hall–Kier alpha value is -2.56. The van der Waals surface area contributed by atoms with Gasteiger partial charge in [-0.25, -0.2) is 23.1 Å². The van der Waals surface area contributed by atoms with Crippen LogP contribution in [0, 0.1) is 0 Å². The topological polar surface area (TPSA) is 109 Å². The lowest BCUT2D eigenvalue weighted by Crippen LogP contribution is -2.20. The third kappa shape index (κ3) is 5.71. The zero-order valence-electron chi connectivity index (χ0n) is 14.3. The number of halogens is 1. The van der Waals surface area contributed by atoms with E-state index in [0.717, 1.165) is 10.2 Å². The lowest BCUT2D eigenvalue weighted by molar-refractivity contribution is 0.587. The van der Waals surface area contributed by atoms with Gasteiger partial charge in [-0.2, -0.15) is 4.98 Å². The summed E-state index contributed by atoms with van der Waals surface area (Å²) in [5.41, 5.74) is 2.16. The summed E-state index contributed by atoms with van der Waals surface area (Å²) in [5.74, 6) is 0.627. The Bertz CT molecular complexity index is 1040. The van der Waals surface area contributed by atoms with E-state index in [1.165, 1.54) is 13.4 Å². The quantitative estimate of drug-likeness (QED) is 0.509. The van der Waals surface area contributed by atoms with Crippen LogP contribution >= 0.6 is 15.9 Å². The van der Waals surface area contributed by atoms with Gasteiger partial charge < -0.3 is 10.6 Å². The van der Waals surface area contributed by atoms with Gasteiger partial charge in [0.05, 0.1) is 5.75 Å². The van der Waals surface area contributed by atoms with Crippen molar-refractivity contribution >= 4 is 49.2 Å². The van der Waals surface area contributed by atoms with Gasteiger partial charge in [0.2, 0.25) is 21.9 Å². The number of hydrogen-bond donors (Lipinski definition) is 3. The standard InChI is InChI=1S/C17H17BrN6O2S/c1-19-27(25,26)10-12-4-2-6-14(8-12)22-16-20-11-21-17(24-16)23-15-7-3-5-13(18)9-15/h2-9,11,19H,10H2,1H3,(H2,20,21,22,23,24). The SMILES string of the molecule is CNS(=O)(=O)Cc1cccc(Nc2ncnc(Nc3cccc(Br)c3)n2)c1. The van der Waals surface area contributed by atoms with E-state index >= 15 is 0 Å². The predicted molar refractivity (Wildman–Crippen MR) is 109 cm³/mol. The molecule has 0 fully saturated rings. The van der Waals surface area contributed by atoms with Crippen LogP contribution in [0.1, 0.15) is 5.56 Å². The summed E-state index contributed by atoms with van der Waals surface area (Å²) in [6.07, 6.45) is 1.39. The molecule has 0 saturated carbocycles. The molecular weight excluding hydrogens is 432 g/mol. The molecule has 0 amide bonds. The minimum atomic E-state index is -3.34. The molecule has 27 heavy (non-hydrogen) atoms. The van der Waals surface area contributed by atoms with Crippen molar-refractivity contribution in [3.8, 4) is 0 Å². The first kappa shape index (κ1) is 19.2. The first-order valence-corrected chi connectivity index (χ1v) is 10.4. The van der Waals surface area contributed by atoms with Crippen LogP contribution in [0.25, 0.3) is 0 Å². The Kier molecular flexibility index (Phi) is 5.99. The van der Waals surface area contributed by atoms with Gasteiger partial charge in [-0.15, -0.1) is 0 Å². The lowest BCUT2D eigenvalue weighted by Gasteiger charge is -2.09. The molecule has 140 valence electrons. The molecule has 0 aliphatic rings. The molecule has 0 spiro atoms. The fraction of sp³-hybridized carbons (Fsp3) is 0.118. The minimum Gasteiger partial charge on any atom is -0.324 e. The van der Waals surface area contributed by atoms with Gasteiger partial charge >= 0.3 is 0 Å². The molecule has 2 aromatic carbocycles. The number of anilines is 4. The number of rotatable bonds is 7. The van der Waals surface area contributed by atoms with E-state index in [1.54, 1.807) is 24.3 Å². The Morgan fingerprint density at radius 2 is 1.59 bits per heavy atom. The van der Waals surface area contributed by atoms with Crippen molar-refractivity contribution in [1.29, 1.82) is 0 Å². The molecule has 0 atom stereocenters. The van der Waals surface area contributed by atoms with Crippen molar-refractivity contribution in [2.24, 2.45) is 0 Å². The smallest absolute Gasteiger partial charge is 0.232 e.